The summed E-state index contributed by atoms with van der Waals surface area (Å²) < 4.78 is 5.91. The van der Waals surface area contributed by atoms with E-state index < -0.39 is 0 Å². The van der Waals surface area contributed by atoms with Gasteiger partial charge in [-0.25, -0.2) is 0 Å². The van der Waals surface area contributed by atoms with E-state index in [1.807, 2.05) is 6.08 Å². The maximum atomic E-state index is 5.91. The van der Waals surface area contributed by atoms with E-state index in [0.717, 1.165) is 31.7 Å². The molecule has 0 fully saturated rings. The minimum absolute atomic E-state index is 0.485. The van der Waals surface area contributed by atoms with Crippen molar-refractivity contribution in [3.05, 3.63) is 42.0 Å². The van der Waals surface area contributed by atoms with Crippen LogP contribution in [0.15, 0.2) is 30.9 Å². The Morgan fingerprint density at radius 3 is 2.83 bits per heavy atom. The second kappa shape index (κ2) is 7.93. The molecule has 0 spiro atoms. The van der Waals surface area contributed by atoms with Crippen molar-refractivity contribution in [3.63, 3.8) is 0 Å². The fourth-order valence-corrected chi connectivity index (χ4v) is 1.77. The Morgan fingerprint density at radius 2 is 2.17 bits per heavy atom. The van der Waals surface area contributed by atoms with Crippen LogP contribution in [-0.4, -0.2) is 12.6 Å². The van der Waals surface area contributed by atoms with Crippen molar-refractivity contribution >= 4 is 0 Å². The molecule has 0 aliphatic rings. The highest BCUT2D eigenvalue weighted by Gasteiger charge is 2.07. The number of rotatable bonds is 8. The van der Waals surface area contributed by atoms with Gasteiger partial charge in [0.25, 0.3) is 0 Å². The first-order valence-corrected chi connectivity index (χ1v) is 6.70. The predicted molar refractivity (Wildman–Crippen MR) is 78.1 cm³/mol. The number of allylic oxidation sites excluding steroid dienone is 1. The van der Waals surface area contributed by atoms with Crippen molar-refractivity contribution in [3.8, 4) is 5.75 Å². The lowest BCUT2D eigenvalue weighted by atomic mass is 10.1. The first-order chi connectivity index (χ1) is 8.65. The second-order valence-corrected chi connectivity index (χ2v) is 4.88. The first kappa shape index (κ1) is 14.8. The van der Waals surface area contributed by atoms with Crippen molar-refractivity contribution in [1.29, 1.82) is 0 Å². The lowest BCUT2D eigenvalue weighted by molar-refractivity contribution is 0.306. The van der Waals surface area contributed by atoms with Crippen LogP contribution in [0.3, 0.4) is 0 Å². The standard InChI is InChI=1S/C16H25NO/c1-5-6-7-11-18-16-14(4)9-8-10-15(16)12-17-13(2)3/h5,8-10,13,17H,1,6-7,11-12H2,2-4H3. The molecular formula is C16H25NO. The Morgan fingerprint density at radius 1 is 1.39 bits per heavy atom. The molecule has 0 radical (unpaired) electrons. The minimum atomic E-state index is 0.485. The Hall–Kier alpha value is -1.28. The minimum Gasteiger partial charge on any atom is -0.493 e. The number of hydrogen-bond donors (Lipinski definition) is 1. The Labute approximate surface area is 111 Å². The normalized spacial score (nSPS) is 10.7. The van der Waals surface area contributed by atoms with E-state index in [0.29, 0.717) is 6.04 Å². The van der Waals surface area contributed by atoms with E-state index in [9.17, 15) is 0 Å². The fourth-order valence-electron chi connectivity index (χ4n) is 1.77. The fraction of sp³-hybridized carbons (Fsp3) is 0.500. The molecule has 1 N–H and O–H groups in total. The van der Waals surface area contributed by atoms with Gasteiger partial charge in [-0.2, -0.15) is 0 Å². The monoisotopic (exact) mass is 247 g/mol. The molecule has 100 valence electrons. The smallest absolute Gasteiger partial charge is 0.126 e. The van der Waals surface area contributed by atoms with E-state index in [1.54, 1.807) is 0 Å². The summed E-state index contributed by atoms with van der Waals surface area (Å²) in [6, 6.07) is 6.80. The molecule has 0 saturated heterocycles. The van der Waals surface area contributed by atoms with Gasteiger partial charge in [0.2, 0.25) is 0 Å². The van der Waals surface area contributed by atoms with Crippen LogP contribution in [-0.2, 0) is 6.54 Å². The van der Waals surface area contributed by atoms with Crippen molar-refractivity contribution in [2.24, 2.45) is 0 Å². The van der Waals surface area contributed by atoms with Gasteiger partial charge in [0, 0.05) is 18.2 Å². The Kier molecular flexibility index (Phi) is 6.51. The van der Waals surface area contributed by atoms with Gasteiger partial charge in [-0.3, -0.25) is 0 Å². The lowest BCUT2D eigenvalue weighted by Crippen LogP contribution is -2.22. The van der Waals surface area contributed by atoms with Gasteiger partial charge >= 0.3 is 0 Å². The van der Waals surface area contributed by atoms with Crippen LogP contribution in [0.2, 0.25) is 0 Å². The number of unbranched alkanes of at least 4 members (excludes halogenated alkanes) is 1. The zero-order valence-electron chi connectivity index (χ0n) is 11.8. The average molecular weight is 247 g/mol. The SMILES string of the molecule is C=CCCCOc1c(C)cccc1CNC(C)C. The number of hydrogen-bond acceptors (Lipinski definition) is 2. The third kappa shape index (κ3) is 4.92. The predicted octanol–water partition coefficient (Wildman–Crippen LogP) is 3.84. The van der Waals surface area contributed by atoms with Crippen LogP contribution in [0.25, 0.3) is 0 Å². The number of ether oxygens (including phenoxy) is 1. The molecule has 0 atom stereocenters. The molecule has 0 amide bonds. The largest absolute Gasteiger partial charge is 0.493 e. The zero-order valence-corrected chi connectivity index (χ0v) is 11.8. The quantitative estimate of drug-likeness (QED) is 0.556. The topological polar surface area (TPSA) is 21.3 Å². The summed E-state index contributed by atoms with van der Waals surface area (Å²) in [5, 5.41) is 3.43. The highest BCUT2D eigenvalue weighted by Crippen LogP contribution is 2.23. The molecule has 1 rings (SSSR count). The Balaban J connectivity index is 2.64. The van der Waals surface area contributed by atoms with Gasteiger partial charge in [-0.1, -0.05) is 38.1 Å². The second-order valence-electron chi connectivity index (χ2n) is 4.88. The third-order valence-electron chi connectivity index (χ3n) is 2.79. The molecule has 0 unspecified atom stereocenters. The molecule has 1 aromatic carbocycles. The molecule has 2 heteroatoms. The Bertz CT molecular complexity index is 371. The van der Waals surface area contributed by atoms with Gasteiger partial charge in [-0.05, 0) is 25.3 Å². The maximum absolute atomic E-state index is 5.91. The summed E-state index contributed by atoms with van der Waals surface area (Å²) in [5.74, 6) is 1.04. The maximum Gasteiger partial charge on any atom is 0.126 e. The van der Waals surface area contributed by atoms with E-state index in [4.69, 9.17) is 4.74 Å². The van der Waals surface area contributed by atoms with Crippen LogP contribution >= 0.6 is 0 Å². The van der Waals surface area contributed by atoms with Crippen molar-refractivity contribution < 1.29 is 4.74 Å². The number of para-hydroxylation sites is 1. The summed E-state index contributed by atoms with van der Waals surface area (Å²) in [4.78, 5) is 0. The van der Waals surface area contributed by atoms with Crippen molar-refractivity contribution in [1.82, 2.24) is 5.32 Å². The van der Waals surface area contributed by atoms with Gasteiger partial charge in [0.1, 0.15) is 5.75 Å². The summed E-state index contributed by atoms with van der Waals surface area (Å²) in [6.45, 7) is 11.7. The number of benzene rings is 1. The summed E-state index contributed by atoms with van der Waals surface area (Å²) in [7, 11) is 0. The summed E-state index contributed by atoms with van der Waals surface area (Å²) >= 11 is 0. The van der Waals surface area contributed by atoms with Gasteiger partial charge in [-0.15, -0.1) is 6.58 Å². The zero-order chi connectivity index (χ0) is 13.4. The molecule has 2 nitrogen and oxygen atoms in total. The van der Waals surface area contributed by atoms with Gasteiger partial charge in [0.05, 0.1) is 6.61 Å². The van der Waals surface area contributed by atoms with Crippen LogP contribution in [0.1, 0.15) is 37.8 Å². The van der Waals surface area contributed by atoms with Crippen LogP contribution in [0.5, 0.6) is 5.75 Å². The number of nitrogens with one attached hydrogen (secondary N) is 1. The molecule has 0 heterocycles. The van der Waals surface area contributed by atoms with Crippen molar-refractivity contribution in [2.45, 2.75) is 46.2 Å². The van der Waals surface area contributed by atoms with E-state index in [1.165, 1.54) is 11.1 Å². The highest BCUT2D eigenvalue weighted by atomic mass is 16.5. The van der Waals surface area contributed by atoms with Crippen LogP contribution in [0.4, 0.5) is 0 Å². The molecule has 18 heavy (non-hydrogen) atoms. The van der Waals surface area contributed by atoms with E-state index >= 15 is 0 Å². The van der Waals surface area contributed by atoms with Gasteiger partial charge < -0.3 is 10.1 Å². The first-order valence-electron chi connectivity index (χ1n) is 6.70. The van der Waals surface area contributed by atoms with Gasteiger partial charge in [0.15, 0.2) is 0 Å². The average Bonchev–Trinajstić information content (AvgIpc) is 2.34. The van der Waals surface area contributed by atoms with Crippen molar-refractivity contribution in [2.75, 3.05) is 6.61 Å². The molecule has 0 saturated carbocycles. The molecule has 0 aliphatic heterocycles. The number of aryl methyl sites for hydroxylation is 1. The highest BCUT2D eigenvalue weighted by molar-refractivity contribution is 5.40. The molecule has 0 aliphatic carbocycles. The van der Waals surface area contributed by atoms with Crippen LogP contribution < -0.4 is 10.1 Å². The molecule has 1 aromatic rings. The summed E-state index contributed by atoms with van der Waals surface area (Å²) in [5.41, 5.74) is 2.44. The molecular weight excluding hydrogens is 222 g/mol. The summed E-state index contributed by atoms with van der Waals surface area (Å²) in [6.07, 6.45) is 3.96. The molecule has 0 aromatic heterocycles. The molecule has 0 bridgehead atoms. The van der Waals surface area contributed by atoms with E-state index in [-0.39, 0.29) is 0 Å². The lowest BCUT2D eigenvalue weighted by Gasteiger charge is -2.15. The van der Waals surface area contributed by atoms with E-state index in [2.05, 4.69) is 50.9 Å². The van der Waals surface area contributed by atoms with Crippen LogP contribution in [0, 0.1) is 6.92 Å². The third-order valence-corrected chi connectivity index (χ3v) is 2.79.